The Kier molecular flexibility index (Phi) is 6.07. The Labute approximate surface area is 178 Å². The molecule has 2 aromatic heterocycles. The minimum absolute atomic E-state index is 0.102. The van der Waals surface area contributed by atoms with Crippen molar-refractivity contribution >= 4 is 15.9 Å². The van der Waals surface area contributed by atoms with Crippen LogP contribution in [0.2, 0.25) is 0 Å². The van der Waals surface area contributed by atoms with Gasteiger partial charge >= 0.3 is 0 Å². The summed E-state index contributed by atoms with van der Waals surface area (Å²) in [7, 11) is -3.84. The first-order valence-corrected chi connectivity index (χ1v) is 11.0. The van der Waals surface area contributed by atoms with Crippen molar-refractivity contribution in [3.8, 4) is 5.82 Å². The summed E-state index contributed by atoms with van der Waals surface area (Å²) in [6.07, 6.45) is 4.97. The SMILES string of the molecule is O=C(NCc1ccc(-n2cccn2)nc1)c1cc(S(=O)(=O)N2CCOCC2)ccc1F. The van der Waals surface area contributed by atoms with Gasteiger partial charge in [-0.25, -0.2) is 22.5 Å². The zero-order chi connectivity index (χ0) is 21.8. The maximum absolute atomic E-state index is 14.3. The number of pyridine rings is 1. The molecule has 1 N–H and O–H groups in total. The van der Waals surface area contributed by atoms with Crippen LogP contribution in [0, 0.1) is 5.82 Å². The van der Waals surface area contributed by atoms with E-state index in [0.29, 0.717) is 24.6 Å². The van der Waals surface area contributed by atoms with Crippen LogP contribution in [0.3, 0.4) is 0 Å². The number of carbonyl (C=O) groups is 1. The zero-order valence-electron chi connectivity index (χ0n) is 16.4. The van der Waals surface area contributed by atoms with E-state index in [0.717, 1.165) is 18.2 Å². The predicted octanol–water partition coefficient (Wildman–Crippen LogP) is 1.36. The monoisotopic (exact) mass is 445 g/mol. The Morgan fingerprint density at radius 1 is 1.19 bits per heavy atom. The standard InChI is InChI=1S/C20H20FN5O4S/c21-18-4-3-16(31(28,29)25-8-10-30-11-9-25)12-17(18)20(27)23-14-15-2-5-19(22-13-15)26-7-1-6-24-26/h1-7,12-13H,8-11,14H2,(H,23,27). The Balaban J connectivity index is 1.46. The highest BCUT2D eigenvalue weighted by Gasteiger charge is 2.27. The summed E-state index contributed by atoms with van der Waals surface area (Å²) < 4.78 is 47.9. The fourth-order valence-electron chi connectivity index (χ4n) is 3.11. The first-order valence-electron chi connectivity index (χ1n) is 9.56. The highest BCUT2D eigenvalue weighted by atomic mass is 32.2. The van der Waals surface area contributed by atoms with E-state index in [1.807, 2.05) is 0 Å². The number of hydrogen-bond donors (Lipinski definition) is 1. The summed E-state index contributed by atoms with van der Waals surface area (Å²) >= 11 is 0. The Morgan fingerprint density at radius 3 is 2.68 bits per heavy atom. The van der Waals surface area contributed by atoms with E-state index in [4.69, 9.17) is 4.74 Å². The molecular formula is C20H20FN5O4S. The van der Waals surface area contributed by atoms with Gasteiger partial charge in [0.15, 0.2) is 5.82 Å². The second-order valence-electron chi connectivity index (χ2n) is 6.82. The molecule has 3 aromatic rings. The number of rotatable bonds is 6. The van der Waals surface area contributed by atoms with Crippen LogP contribution in [0.1, 0.15) is 15.9 Å². The lowest BCUT2D eigenvalue weighted by atomic mass is 10.2. The van der Waals surface area contributed by atoms with E-state index in [1.165, 1.54) is 4.31 Å². The van der Waals surface area contributed by atoms with E-state index in [1.54, 1.807) is 41.5 Å². The van der Waals surface area contributed by atoms with Gasteiger partial charge in [0.05, 0.1) is 23.7 Å². The number of nitrogens with one attached hydrogen (secondary N) is 1. The molecule has 0 saturated carbocycles. The third kappa shape index (κ3) is 4.63. The van der Waals surface area contributed by atoms with Crippen molar-refractivity contribution in [2.45, 2.75) is 11.4 Å². The van der Waals surface area contributed by atoms with Gasteiger partial charge in [0.2, 0.25) is 10.0 Å². The van der Waals surface area contributed by atoms with Crippen LogP contribution in [-0.4, -0.2) is 59.7 Å². The van der Waals surface area contributed by atoms with E-state index in [-0.39, 0.29) is 30.1 Å². The number of nitrogens with zero attached hydrogens (tertiary/aromatic N) is 4. The van der Waals surface area contributed by atoms with E-state index < -0.39 is 21.7 Å². The van der Waals surface area contributed by atoms with Crippen molar-refractivity contribution < 1.29 is 22.3 Å². The number of morpholine rings is 1. The number of halogens is 1. The molecule has 0 bridgehead atoms. The topological polar surface area (TPSA) is 106 Å². The third-order valence-electron chi connectivity index (χ3n) is 4.79. The molecule has 1 saturated heterocycles. The van der Waals surface area contributed by atoms with Crippen LogP contribution >= 0.6 is 0 Å². The van der Waals surface area contributed by atoms with Crippen molar-refractivity contribution in [1.29, 1.82) is 0 Å². The second kappa shape index (κ2) is 8.92. The van der Waals surface area contributed by atoms with Gasteiger partial charge in [-0.2, -0.15) is 9.40 Å². The number of sulfonamides is 1. The highest BCUT2D eigenvalue weighted by molar-refractivity contribution is 7.89. The maximum Gasteiger partial charge on any atom is 0.254 e. The van der Waals surface area contributed by atoms with Crippen LogP contribution in [0.5, 0.6) is 0 Å². The molecule has 0 aliphatic carbocycles. The lowest BCUT2D eigenvalue weighted by molar-refractivity contribution is 0.0730. The Morgan fingerprint density at radius 2 is 2.00 bits per heavy atom. The third-order valence-corrected chi connectivity index (χ3v) is 6.69. The van der Waals surface area contributed by atoms with Gasteiger partial charge in [0.1, 0.15) is 5.82 Å². The molecule has 0 radical (unpaired) electrons. The van der Waals surface area contributed by atoms with Crippen LogP contribution in [-0.2, 0) is 21.3 Å². The molecule has 9 nitrogen and oxygen atoms in total. The number of hydrogen-bond acceptors (Lipinski definition) is 6. The Bertz CT molecular complexity index is 1160. The van der Waals surface area contributed by atoms with Crippen LogP contribution in [0.15, 0.2) is 59.9 Å². The fourth-order valence-corrected chi connectivity index (χ4v) is 4.55. The highest BCUT2D eigenvalue weighted by Crippen LogP contribution is 2.20. The normalized spacial score (nSPS) is 15.0. The fraction of sp³-hybridized carbons (Fsp3) is 0.250. The average molecular weight is 445 g/mol. The van der Waals surface area contributed by atoms with Crippen molar-refractivity contribution in [3.63, 3.8) is 0 Å². The minimum atomic E-state index is -3.84. The van der Waals surface area contributed by atoms with Crippen molar-refractivity contribution in [2.24, 2.45) is 0 Å². The number of aromatic nitrogens is 3. The molecule has 1 amide bonds. The quantitative estimate of drug-likeness (QED) is 0.614. The van der Waals surface area contributed by atoms with Gasteiger partial charge in [-0.15, -0.1) is 0 Å². The molecule has 0 unspecified atom stereocenters. The van der Waals surface area contributed by atoms with Gasteiger partial charge in [-0.1, -0.05) is 6.07 Å². The summed E-state index contributed by atoms with van der Waals surface area (Å²) in [6.45, 7) is 1.11. The predicted molar refractivity (Wildman–Crippen MR) is 109 cm³/mol. The zero-order valence-corrected chi connectivity index (χ0v) is 17.3. The molecule has 162 valence electrons. The van der Waals surface area contributed by atoms with Gasteiger partial charge in [-0.05, 0) is 35.9 Å². The first kappa shape index (κ1) is 21.1. The summed E-state index contributed by atoms with van der Waals surface area (Å²) in [4.78, 5) is 16.7. The molecule has 31 heavy (non-hydrogen) atoms. The van der Waals surface area contributed by atoms with Crippen LogP contribution in [0.4, 0.5) is 4.39 Å². The molecule has 1 fully saturated rings. The summed E-state index contributed by atoms with van der Waals surface area (Å²) in [5.41, 5.74) is 0.359. The van der Waals surface area contributed by atoms with Crippen LogP contribution < -0.4 is 5.32 Å². The maximum atomic E-state index is 14.3. The Hall–Kier alpha value is -3.15. The van der Waals surface area contributed by atoms with Crippen LogP contribution in [0.25, 0.3) is 5.82 Å². The number of ether oxygens (including phenoxy) is 1. The average Bonchev–Trinajstić information content (AvgIpc) is 3.33. The molecule has 11 heteroatoms. The van der Waals surface area contributed by atoms with Crippen molar-refractivity contribution in [3.05, 3.63) is 71.9 Å². The molecule has 1 aliphatic rings. The summed E-state index contributed by atoms with van der Waals surface area (Å²) in [6, 6.07) is 8.49. The molecule has 4 rings (SSSR count). The van der Waals surface area contributed by atoms with E-state index in [9.17, 15) is 17.6 Å². The summed E-state index contributed by atoms with van der Waals surface area (Å²) in [5.74, 6) is -0.898. The molecule has 0 spiro atoms. The lowest BCUT2D eigenvalue weighted by Crippen LogP contribution is -2.40. The van der Waals surface area contributed by atoms with E-state index >= 15 is 0 Å². The largest absolute Gasteiger partial charge is 0.379 e. The van der Waals surface area contributed by atoms with Crippen molar-refractivity contribution in [1.82, 2.24) is 24.4 Å². The lowest BCUT2D eigenvalue weighted by Gasteiger charge is -2.26. The second-order valence-corrected chi connectivity index (χ2v) is 8.75. The minimum Gasteiger partial charge on any atom is -0.379 e. The first-order chi connectivity index (χ1) is 14.9. The number of amides is 1. The molecule has 1 aromatic carbocycles. The molecule has 0 atom stereocenters. The number of benzene rings is 1. The smallest absolute Gasteiger partial charge is 0.254 e. The van der Waals surface area contributed by atoms with Gasteiger partial charge < -0.3 is 10.1 Å². The molecule has 3 heterocycles. The summed E-state index contributed by atoms with van der Waals surface area (Å²) in [5, 5.41) is 6.68. The van der Waals surface area contributed by atoms with Gasteiger partial charge in [-0.3, -0.25) is 4.79 Å². The molecule has 1 aliphatic heterocycles. The van der Waals surface area contributed by atoms with E-state index in [2.05, 4.69) is 15.4 Å². The molecular weight excluding hydrogens is 425 g/mol. The van der Waals surface area contributed by atoms with Crippen molar-refractivity contribution in [2.75, 3.05) is 26.3 Å². The number of carbonyl (C=O) groups excluding carboxylic acids is 1. The van der Waals surface area contributed by atoms with Gasteiger partial charge in [0.25, 0.3) is 5.91 Å². The van der Waals surface area contributed by atoms with Gasteiger partial charge in [0, 0.05) is 38.2 Å².